The molecule has 1 aliphatic carbocycles. The molecule has 0 bridgehead atoms. The molecule has 6 heteroatoms. The number of nitrogens with zero attached hydrogens (tertiary/aromatic N) is 2. The second kappa shape index (κ2) is 8.24. The van der Waals surface area contributed by atoms with E-state index in [0.717, 1.165) is 35.7 Å². The van der Waals surface area contributed by atoms with Gasteiger partial charge in [0.2, 0.25) is 0 Å². The van der Waals surface area contributed by atoms with Gasteiger partial charge in [-0.1, -0.05) is 41.1 Å². The van der Waals surface area contributed by atoms with E-state index in [1.165, 1.54) is 6.42 Å². The minimum absolute atomic E-state index is 0.0349. The molecule has 2 fully saturated rings. The van der Waals surface area contributed by atoms with Crippen molar-refractivity contribution >= 4 is 45.2 Å². The second-order valence-corrected chi connectivity index (χ2v) is 7.79. The third-order valence-electron chi connectivity index (χ3n) is 4.81. The normalized spacial score (nSPS) is 20.0. The summed E-state index contributed by atoms with van der Waals surface area (Å²) in [4.78, 5) is 16.7. The van der Waals surface area contributed by atoms with Crippen molar-refractivity contribution in [3.05, 3.63) is 33.9 Å². The van der Waals surface area contributed by atoms with E-state index in [0.29, 0.717) is 16.6 Å². The van der Waals surface area contributed by atoms with Crippen molar-refractivity contribution in [1.29, 1.82) is 0 Å². The SMILES string of the molecule is C#CCOc1ccc(Br)cc1/C=C1/C(=O)N(C2CCCCC2)C(=S)N1C. The molecule has 1 aromatic rings. The zero-order valence-electron chi connectivity index (χ0n) is 14.7. The first-order valence-electron chi connectivity index (χ1n) is 8.71. The van der Waals surface area contributed by atoms with E-state index in [4.69, 9.17) is 23.4 Å². The quantitative estimate of drug-likeness (QED) is 0.405. The van der Waals surface area contributed by atoms with Gasteiger partial charge in [-0.2, -0.15) is 0 Å². The van der Waals surface area contributed by atoms with E-state index in [-0.39, 0.29) is 18.6 Å². The van der Waals surface area contributed by atoms with Crippen LogP contribution >= 0.6 is 28.1 Å². The van der Waals surface area contributed by atoms with Crippen LogP contribution in [0.3, 0.4) is 0 Å². The summed E-state index contributed by atoms with van der Waals surface area (Å²) in [6, 6.07) is 5.83. The van der Waals surface area contributed by atoms with Crippen LogP contribution in [0.15, 0.2) is 28.4 Å². The van der Waals surface area contributed by atoms with Crippen LogP contribution in [0.4, 0.5) is 0 Å². The Morgan fingerprint density at radius 1 is 1.38 bits per heavy atom. The highest BCUT2D eigenvalue weighted by molar-refractivity contribution is 9.10. The summed E-state index contributed by atoms with van der Waals surface area (Å²) >= 11 is 9.04. The number of thiocarbonyl (C=S) groups is 1. The van der Waals surface area contributed by atoms with Crippen molar-refractivity contribution < 1.29 is 9.53 Å². The molecule has 1 aliphatic heterocycles. The summed E-state index contributed by atoms with van der Waals surface area (Å²) in [6.07, 6.45) is 12.7. The maximum Gasteiger partial charge on any atom is 0.277 e. The van der Waals surface area contributed by atoms with Gasteiger partial charge < -0.3 is 9.64 Å². The fourth-order valence-electron chi connectivity index (χ4n) is 3.47. The molecule has 0 unspecified atom stereocenters. The Hall–Kier alpha value is -1.84. The van der Waals surface area contributed by atoms with E-state index in [9.17, 15) is 4.79 Å². The van der Waals surface area contributed by atoms with Crippen LogP contribution in [0.2, 0.25) is 0 Å². The van der Waals surface area contributed by atoms with E-state index >= 15 is 0 Å². The molecule has 26 heavy (non-hydrogen) atoms. The number of likely N-dealkylation sites (N-methyl/N-ethyl adjacent to an activating group) is 1. The molecule has 0 atom stereocenters. The van der Waals surface area contributed by atoms with Gasteiger partial charge in [0.15, 0.2) is 5.11 Å². The molecular formula is C20H21BrN2O2S. The molecule has 1 saturated heterocycles. The van der Waals surface area contributed by atoms with Crippen LogP contribution in [0, 0.1) is 12.3 Å². The lowest BCUT2D eigenvalue weighted by atomic mass is 9.94. The Labute approximate surface area is 168 Å². The summed E-state index contributed by atoms with van der Waals surface area (Å²) in [7, 11) is 1.84. The summed E-state index contributed by atoms with van der Waals surface area (Å²) in [6.45, 7) is 0.175. The number of ether oxygens (including phenoxy) is 1. The number of hydrogen-bond acceptors (Lipinski definition) is 3. The fourth-order valence-corrected chi connectivity index (χ4v) is 4.18. The van der Waals surface area contributed by atoms with Gasteiger partial charge in [0.25, 0.3) is 5.91 Å². The van der Waals surface area contributed by atoms with Crippen LogP contribution < -0.4 is 4.74 Å². The molecule has 136 valence electrons. The molecule has 1 aromatic carbocycles. The molecule has 1 amide bonds. The largest absolute Gasteiger partial charge is 0.480 e. The molecule has 4 nitrogen and oxygen atoms in total. The predicted octanol–water partition coefficient (Wildman–Crippen LogP) is 4.19. The minimum atomic E-state index is -0.0349. The Balaban J connectivity index is 1.93. The van der Waals surface area contributed by atoms with E-state index < -0.39 is 0 Å². The highest BCUT2D eigenvalue weighted by Crippen LogP contribution is 2.32. The molecule has 3 rings (SSSR count). The van der Waals surface area contributed by atoms with Crippen molar-refractivity contribution in [1.82, 2.24) is 9.80 Å². The number of hydrogen-bond donors (Lipinski definition) is 0. The minimum Gasteiger partial charge on any atom is -0.480 e. The predicted molar refractivity (Wildman–Crippen MR) is 111 cm³/mol. The third-order valence-corrected chi connectivity index (χ3v) is 5.77. The number of rotatable bonds is 4. The highest BCUT2D eigenvalue weighted by Gasteiger charge is 2.40. The third kappa shape index (κ3) is 3.79. The van der Waals surface area contributed by atoms with Gasteiger partial charge in [-0.25, -0.2) is 0 Å². The number of benzene rings is 1. The van der Waals surface area contributed by atoms with E-state index in [1.54, 1.807) is 9.80 Å². The highest BCUT2D eigenvalue weighted by atomic mass is 79.9. The van der Waals surface area contributed by atoms with Crippen LogP contribution in [0.25, 0.3) is 6.08 Å². The number of amides is 1. The Morgan fingerprint density at radius 3 is 2.81 bits per heavy atom. The van der Waals surface area contributed by atoms with Gasteiger partial charge in [-0.05, 0) is 49.3 Å². The van der Waals surface area contributed by atoms with Gasteiger partial charge in [-0.15, -0.1) is 6.42 Å². The second-order valence-electron chi connectivity index (χ2n) is 6.51. The number of halogens is 1. The maximum atomic E-state index is 13.1. The Bertz CT molecular complexity index is 793. The first-order chi connectivity index (χ1) is 12.5. The zero-order valence-corrected chi connectivity index (χ0v) is 17.1. The number of carbonyl (C=O) groups is 1. The van der Waals surface area contributed by atoms with Crippen molar-refractivity contribution in [3.63, 3.8) is 0 Å². The zero-order chi connectivity index (χ0) is 18.7. The summed E-state index contributed by atoms with van der Waals surface area (Å²) < 4.78 is 6.51. The topological polar surface area (TPSA) is 32.8 Å². The van der Waals surface area contributed by atoms with E-state index in [2.05, 4.69) is 21.9 Å². The van der Waals surface area contributed by atoms with Gasteiger partial charge in [0.05, 0.1) is 0 Å². The molecule has 2 aliphatic rings. The van der Waals surface area contributed by atoms with Gasteiger partial charge in [0, 0.05) is 23.1 Å². The van der Waals surface area contributed by atoms with Crippen molar-refractivity contribution in [2.24, 2.45) is 0 Å². The van der Waals surface area contributed by atoms with E-state index in [1.807, 2.05) is 31.3 Å². The molecule has 0 radical (unpaired) electrons. The molecule has 1 heterocycles. The first-order valence-corrected chi connectivity index (χ1v) is 9.92. The Morgan fingerprint density at radius 2 is 2.12 bits per heavy atom. The summed E-state index contributed by atoms with van der Waals surface area (Å²) in [5.74, 6) is 3.07. The van der Waals surface area contributed by atoms with Gasteiger partial charge in [-0.3, -0.25) is 9.69 Å². The lowest BCUT2D eigenvalue weighted by Gasteiger charge is -2.30. The maximum absolute atomic E-state index is 13.1. The summed E-state index contributed by atoms with van der Waals surface area (Å²) in [5, 5.41) is 0.578. The van der Waals surface area contributed by atoms with Crippen molar-refractivity contribution in [2.75, 3.05) is 13.7 Å². The molecule has 0 N–H and O–H groups in total. The number of carbonyl (C=O) groups excluding carboxylic acids is 1. The average Bonchev–Trinajstić information content (AvgIpc) is 2.85. The van der Waals surface area contributed by atoms with Crippen LogP contribution in [-0.4, -0.2) is 40.5 Å². The standard InChI is InChI=1S/C20H21BrN2O2S/c1-3-11-25-18-10-9-15(21)12-14(18)13-17-19(24)23(20(26)22(17)2)16-7-5-4-6-8-16/h1,9-10,12-13,16H,4-8,11H2,2H3/b17-13-. The lowest BCUT2D eigenvalue weighted by molar-refractivity contribution is -0.124. The molecular weight excluding hydrogens is 412 g/mol. The molecule has 1 saturated carbocycles. The first kappa shape index (κ1) is 18.9. The monoisotopic (exact) mass is 432 g/mol. The van der Waals surface area contributed by atoms with Crippen LogP contribution in [0.5, 0.6) is 5.75 Å². The molecule has 0 aromatic heterocycles. The van der Waals surface area contributed by atoms with Crippen molar-refractivity contribution in [2.45, 2.75) is 38.1 Å². The number of terminal acetylenes is 1. The van der Waals surface area contributed by atoms with Gasteiger partial charge in [0.1, 0.15) is 18.1 Å². The van der Waals surface area contributed by atoms with Crippen molar-refractivity contribution in [3.8, 4) is 18.1 Å². The summed E-state index contributed by atoms with van der Waals surface area (Å²) in [5.41, 5.74) is 1.35. The molecule has 0 spiro atoms. The van der Waals surface area contributed by atoms with Crippen LogP contribution in [0.1, 0.15) is 37.7 Å². The lowest BCUT2D eigenvalue weighted by Crippen LogP contribution is -2.41. The fraction of sp³-hybridized carbons (Fsp3) is 0.400. The Kier molecular flexibility index (Phi) is 6.00. The van der Waals surface area contributed by atoms with Crippen LogP contribution in [-0.2, 0) is 4.79 Å². The average molecular weight is 433 g/mol. The smallest absolute Gasteiger partial charge is 0.277 e. The van der Waals surface area contributed by atoms with Gasteiger partial charge >= 0.3 is 0 Å².